The van der Waals surface area contributed by atoms with Crippen molar-refractivity contribution >= 4 is 33.7 Å². The number of hydrogen-bond donors (Lipinski definition) is 2. The van der Waals surface area contributed by atoms with Gasteiger partial charge in [-0.1, -0.05) is 28.1 Å². The number of ether oxygens (including phenoxy) is 1. The van der Waals surface area contributed by atoms with Gasteiger partial charge in [0.05, 0.1) is 19.7 Å². The fraction of sp³-hybridized carbons (Fsp3) is 0.125. The van der Waals surface area contributed by atoms with Crippen molar-refractivity contribution in [2.24, 2.45) is 5.10 Å². The highest BCUT2D eigenvalue weighted by Gasteiger charge is 2.03. The molecular formula is C16H16BrN3O2. The van der Waals surface area contributed by atoms with Gasteiger partial charge in [-0.15, -0.1) is 0 Å². The van der Waals surface area contributed by atoms with E-state index in [9.17, 15) is 4.79 Å². The Balaban J connectivity index is 1.96. The van der Waals surface area contributed by atoms with Crippen LogP contribution in [0, 0.1) is 0 Å². The number of benzene rings is 2. The highest BCUT2D eigenvalue weighted by Crippen LogP contribution is 2.21. The maximum atomic E-state index is 11.8. The lowest BCUT2D eigenvalue weighted by molar-refractivity contribution is -0.120. The summed E-state index contributed by atoms with van der Waals surface area (Å²) in [6.07, 6.45) is 1.79. The van der Waals surface area contributed by atoms with Crippen LogP contribution in [0.25, 0.3) is 0 Å². The molecule has 22 heavy (non-hydrogen) atoms. The van der Waals surface area contributed by atoms with Crippen molar-refractivity contribution in [1.82, 2.24) is 5.43 Å². The largest absolute Gasteiger partial charge is 0.496 e. The van der Waals surface area contributed by atoms with Crippen LogP contribution < -0.4 is 15.9 Å². The summed E-state index contributed by atoms with van der Waals surface area (Å²) in [6, 6.07) is 12.7. The molecule has 0 unspecified atom stereocenters. The van der Waals surface area contributed by atoms with Crippen molar-refractivity contribution < 1.29 is 9.53 Å². The van der Waals surface area contributed by atoms with Crippen LogP contribution in [0.2, 0.25) is 0 Å². The molecule has 0 aromatic heterocycles. The number of rotatable bonds is 5. The number of hydrogen-bond acceptors (Lipinski definition) is 4. The van der Waals surface area contributed by atoms with E-state index in [1.165, 1.54) is 0 Å². The van der Waals surface area contributed by atoms with Crippen molar-refractivity contribution in [3.8, 4) is 5.75 Å². The summed E-state index contributed by atoms with van der Waals surface area (Å²) < 4.78 is 6.13. The second-order valence-corrected chi connectivity index (χ2v) is 5.51. The number of methoxy groups -OCH3 is 1. The van der Waals surface area contributed by atoms with Gasteiger partial charge in [-0.3, -0.25) is 4.79 Å². The van der Waals surface area contributed by atoms with Crippen molar-refractivity contribution in [2.75, 3.05) is 12.8 Å². The number of nitrogens with zero attached hydrogens (tertiary/aromatic N) is 1. The molecule has 2 aromatic rings. The quantitative estimate of drug-likeness (QED) is 0.488. The zero-order valence-electron chi connectivity index (χ0n) is 12.0. The number of carbonyl (C=O) groups excluding carboxylic acids is 1. The number of nitrogens with two attached hydrogens (primary N) is 1. The molecule has 0 saturated heterocycles. The van der Waals surface area contributed by atoms with E-state index >= 15 is 0 Å². The van der Waals surface area contributed by atoms with E-state index in [0.29, 0.717) is 11.4 Å². The highest BCUT2D eigenvalue weighted by molar-refractivity contribution is 9.10. The molecule has 2 rings (SSSR count). The number of carbonyl (C=O) groups is 1. The van der Waals surface area contributed by atoms with Gasteiger partial charge in [0.2, 0.25) is 5.91 Å². The number of nitrogens with one attached hydrogen (secondary N) is 1. The lowest BCUT2D eigenvalue weighted by Crippen LogP contribution is -2.19. The molecule has 0 heterocycles. The molecule has 0 atom stereocenters. The van der Waals surface area contributed by atoms with E-state index in [-0.39, 0.29) is 12.3 Å². The smallest absolute Gasteiger partial charge is 0.244 e. The highest BCUT2D eigenvalue weighted by atomic mass is 79.9. The Labute approximate surface area is 137 Å². The molecule has 0 spiro atoms. The van der Waals surface area contributed by atoms with E-state index in [0.717, 1.165) is 15.6 Å². The SMILES string of the molecule is COc1ccc(Br)cc1/C=N\NC(=O)Cc1ccc(N)cc1. The Kier molecular flexibility index (Phi) is 5.55. The van der Waals surface area contributed by atoms with Gasteiger partial charge in [-0.2, -0.15) is 5.10 Å². The topological polar surface area (TPSA) is 76.7 Å². The van der Waals surface area contributed by atoms with E-state index in [1.54, 1.807) is 25.5 Å². The van der Waals surface area contributed by atoms with E-state index in [2.05, 4.69) is 26.5 Å². The lowest BCUT2D eigenvalue weighted by atomic mass is 10.1. The average molecular weight is 362 g/mol. The number of halogens is 1. The molecule has 0 radical (unpaired) electrons. The Hall–Kier alpha value is -2.34. The molecule has 1 amide bonds. The summed E-state index contributed by atoms with van der Waals surface area (Å²) >= 11 is 3.38. The van der Waals surface area contributed by atoms with Gasteiger partial charge >= 0.3 is 0 Å². The monoisotopic (exact) mass is 361 g/mol. The Morgan fingerprint density at radius 3 is 2.73 bits per heavy atom. The van der Waals surface area contributed by atoms with Crippen molar-refractivity contribution in [1.29, 1.82) is 0 Å². The number of anilines is 1. The van der Waals surface area contributed by atoms with Crippen LogP contribution in [0.15, 0.2) is 52.0 Å². The summed E-state index contributed by atoms with van der Waals surface area (Å²) in [5.74, 6) is 0.481. The summed E-state index contributed by atoms with van der Waals surface area (Å²) in [4.78, 5) is 11.8. The van der Waals surface area contributed by atoms with E-state index in [1.807, 2.05) is 30.3 Å². The Bertz CT molecular complexity index is 684. The van der Waals surface area contributed by atoms with Gasteiger partial charge < -0.3 is 10.5 Å². The molecule has 0 aliphatic rings. The molecule has 3 N–H and O–H groups in total. The lowest BCUT2D eigenvalue weighted by Gasteiger charge is -2.05. The summed E-state index contributed by atoms with van der Waals surface area (Å²) in [5, 5.41) is 3.95. The van der Waals surface area contributed by atoms with E-state index in [4.69, 9.17) is 10.5 Å². The van der Waals surface area contributed by atoms with Gasteiger partial charge in [0.15, 0.2) is 0 Å². The minimum Gasteiger partial charge on any atom is -0.496 e. The standard InChI is InChI=1S/C16H16BrN3O2/c1-22-15-7-4-13(17)9-12(15)10-19-20-16(21)8-11-2-5-14(18)6-3-11/h2-7,9-10H,8,18H2,1H3,(H,20,21)/b19-10-. The van der Waals surface area contributed by atoms with Crippen LogP contribution in [0.3, 0.4) is 0 Å². The van der Waals surface area contributed by atoms with Crippen LogP contribution >= 0.6 is 15.9 Å². The first-order chi connectivity index (χ1) is 10.6. The normalized spacial score (nSPS) is 10.6. The van der Waals surface area contributed by atoms with E-state index < -0.39 is 0 Å². The molecule has 0 aliphatic carbocycles. The zero-order chi connectivity index (χ0) is 15.9. The van der Waals surface area contributed by atoms with Crippen molar-refractivity contribution in [2.45, 2.75) is 6.42 Å². The molecule has 0 bridgehead atoms. The van der Waals surface area contributed by atoms with Crippen LogP contribution in [0.5, 0.6) is 5.75 Å². The molecule has 114 valence electrons. The number of hydrazone groups is 1. The first-order valence-electron chi connectivity index (χ1n) is 6.58. The summed E-state index contributed by atoms with van der Waals surface area (Å²) in [6.45, 7) is 0. The van der Waals surface area contributed by atoms with Crippen LogP contribution in [-0.2, 0) is 11.2 Å². The van der Waals surface area contributed by atoms with Gasteiger partial charge in [-0.05, 0) is 35.9 Å². The van der Waals surface area contributed by atoms with Gasteiger partial charge in [0.1, 0.15) is 5.75 Å². The molecule has 0 fully saturated rings. The third kappa shape index (κ3) is 4.60. The fourth-order valence-electron chi connectivity index (χ4n) is 1.84. The molecule has 0 aliphatic heterocycles. The minimum atomic E-state index is -0.199. The molecule has 5 nitrogen and oxygen atoms in total. The van der Waals surface area contributed by atoms with Crippen LogP contribution in [0.1, 0.15) is 11.1 Å². The third-order valence-corrected chi connectivity index (χ3v) is 3.42. The van der Waals surface area contributed by atoms with Gasteiger partial charge in [0, 0.05) is 15.7 Å². The molecule has 6 heteroatoms. The summed E-state index contributed by atoms with van der Waals surface area (Å²) in [7, 11) is 1.58. The van der Waals surface area contributed by atoms with Crippen LogP contribution in [0.4, 0.5) is 5.69 Å². The maximum absolute atomic E-state index is 11.8. The zero-order valence-corrected chi connectivity index (χ0v) is 13.6. The minimum absolute atomic E-state index is 0.199. The van der Waals surface area contributed by atoms with Gasteiger partial charge in [-0.25, -0.2) is 5.43 Å². The Morgan fingerprint density at radius 1 is 1.32 bits per heavy atom. The first kappa shape index (κ1) is 16.0. The van der Waals surface area contributed by atoms with Crippen molar-refractivity contribution in [3.05, 3.63) is 58.1 Å². The molecule has 0 saturated carbocycles. The molecule has 2 aromatic carbocycles. The first-order valence-corrected chi connectivity index (χ1v) is 7.37. The second kappa shape index (κ2) is 7.61. The second-order valence-electron chi connectivity index (χ2n) is 4.60. The third-order valence-electron chi connectivity index (χ3n) is 2.93. The Morgan fingerprint density at radius 2 is 2.05 bits per heavy atom. The van der Waals surface area contributed by atoms with Crippen molar-refractivity contribution in [3.63, 3.8) is 0 Å². The predicted octanol–water partition coefficient (Wildman–Crippen LogP) is 2.73. The maximum Gasteiger partial charge on any atom is 0.244 e. The number of amides is 1. The fourth-order valence-corrected chi connectivity index (χ4v) is 2.22. The van der Waals surface area contributed by atoms with Crippen LogP contribution in [-0.4, -0.2) is 19.2 Å². The average Bonchev–Trinajstić information content (AvgIpc) is 2.50. The predicted molar refractivity (Wildman–Crippen MR) is 91.0 cm³/mol. The summed E-state index contributed by atoms with van der Waals surface area (Å²) in [5.41, 5.74) is 10.4. The number of nitrogen functional groups attached to an aromatic ring is 1. The molecular weight excluding hydrogens is 346 g/mol. The van der Waals surface area contributed by atoms with Gasteiger partial charge in [0.25, 0.3) is 0 Å².